The molecule has 26 heavy (non-hydrogen) atoms. The van der Waals surface area contributed by atoms with E-state index in [-0.39, 0.29) is 22.7 Å². The van der Waals surface area contributed by atoms with E-state index in [4.69, 9.17) is 10.5 Å². The zero-order chi connectivity index (χ0) is 19.3. The van der Waals surface area contributed by atoms with Crippen LogP contribution in [0.4, 0.5) is 17.1 Å². The van der Waals surface area contributed by atoms with Crippen LogP contribution >= 0.6 is 0 Å². The van der Waals surface area contributed by atoms with E-state index in [9.17, 15) is 24.5 Å². The molecule has 0 aromatic heterocycles. The van der Waals surface area contributed by atoms with Gasteiger partial charge in [0.2, 0.25) is 0 Å². The highest BCUT2D eigenvalue weighted by Gasteiger charge is 2.17. The molecular formula is C17H15N3O6. The van der Waals surface area contributed by atoms with Crippen LogP contribution in [0.5, 0.6) is 0 Å². The number of nitrogens with zero attached hydrogens (tertiary/aromatic N) is 1. The van der Waals surface area contributed by atoms with E-state index in [2.05, 4.69) is 5.32 Å². The zero-order valence-electron chi connectivity index (χ0n) is 13.7. The molecule has 0 spiro atoms. The number of nitrogens with one attached hydrogen (secondary N) is 1. The van der Waals surface area contributed by atoms with E-state index in [1.54, 1.807) is 24.3 Å². The number of para-hydroxylation sites is 1. The number of anilines is 2. The highest BCUT2D eigenvalue weighted by molar-refractivity contribution is 6.04. The van der Waals surface area contributed by atoms with Crippen LogP contribution in [-0.2, 0) is 9.53 Å². The third-order valence-electron chi connectivity index (χ3n) is 3.38. The van der Waals surface area contributed by atoms with Gasteiger partial charge in [0.25, 0.3) is 11.6 Å². The van der Waals surface area contributed by atoms with Gasteiger partial charge in [-0.2, -0.15) is 0 Å². The van der Waals surface area contributed by atoms with Crippen molar-refractivity contribution in [1.29, 1.82) is 0 Å². The molecule has 0 aliphatic rings. The molecule has 3 N–H and O–H groups in total. The summed E-state index contributed by atoms with van der Waals surface area (Å²) in [5.41, 5.74) is 5.74. The molecule has 0 unspecified atom stereocenters. The summed E-state index contributed by atoms with van der Waals surface area (Å²) < 4.78 is 4.86. The first kappa shape index (κ1) is 18.6. The number of nitrogens with two attached hydrogens (primary N) is 1. The van der Waals surface area contributed by atoms with Crippen LogP contribution in [0.3, 0.4) is 0 Å². The predicted molar refractivity (Wildman–Crippen MR) is 92.9 cm³/mol. The quantitative estimate of drug-likeness (QED) is 0.265. The smallest absolute Gasteiger partial charge is 0.340 e. The lowest BCUT2D eigenvalue weighted by Gasteiger charge is -2.10. The van der Waals surface area contributed by atoms with Gasteiger partial charge in [-0.05, 0) is 25.1 Å². The van der Waals surface area contributed by atoms with Crippen molar-refractivity contribution in [3.05, 3.63) is 63.7 Å². The number of nitro benzene ring substituents is 1. The molecule has 134 valence electrons. The van der Waals surface area contributed by atoms with Gasteiger partial charge in [0.1, 0.15) is 0 Å². The van der Waals surface area contributed by atoms with Crippen molar-refractivity contribution in [2.45, 2.75) is 6.92 Å². The maximum absolute atomic E-state index is 12.0. The number of hydrogen-bond acceptors (Lipinski definition) is 7. The fraction of sp³-hybridized carbons (Fsp3) is 0.118. The Balaban J connectivity index is 2.01. The minimum absolute atomic E-state index is 0.0902. The Morgan fingerprint density at radius 3 is 2.46 bits per heavy atom. The largest absolute Gasteiger partial charge is 0.452 e. The van der Waals surface area contributed by atoms with Gasteiger partial charge in [-0.1, -0.05) is 12.1 Å². The van der Waals surface area contributed by atoms with Gasteiger partial charge in [0.15, 0.2) is 12.4 Å². The van der Waals surface area contributed by atoms with Gasteiger partial charge in [0.05, 0.1) is 21.9 Å². The van der Waals surface area contributed by atoms with Gasteiger partial charge < -0.3 is 15.8 Å². The summed E-state index contributed by atoms with van der Waals surface area (Å²) in [7, 11) is 0. The fourth-order valence-corrected chi connectivity index (χ4v) is 2.14. The summed E-state index contributed by atoms with van der Waals surface area (Å²) in [6, 6.07) is 9.69. The van der Waals surface area contributed by atoms with Crippen molar-refractivity contribution in [2.75, 3.05) is 17.7 Å². The number of amides is 1. The molecule has 2 aromatic carbocycles. The lowest BCUT2D eigenvalue weighted by atomic mass is 10.1. The Hall–Kier alpha value is -3.75. The number of benzene rings is 2. The van der Waals surface area contributed by atoms with Gasteiger partial charge >= 0.3 is 5.97 Å². The van der Waals surface area contributed by atoms with E-state index in [0.717, 1.165) is 18.2 Å². The number of carbonyl (C=O) groups is 3. The molecule has 0 saturated carbocycles. The average molecular weight is 357 g/mol. The Kier molecular flexibility index (Phi) is 5.63. The summed E-state index contributed by atoms with van der Waals surface area (Å²) in [5, 5.41) is 13.1. The van der Waals surface area contributed by atoms with E-state index in [0.29, 0.717) is 11.3 Å². The van der Waals surface area contributed by atoms with Crippen LogP contribution in [0.2, 0.25) is 0 Å². The lowest BCUT2D eigenvalue weighted by Crippen LogP contribution is -2.22. The topological polar surface area (TPSA) is 142 Å². The standard InChI is InChI=1S/C17H15N3O6/c1-10(21)12-4-2-3-5-15(12)19-16(22)9-26-17(23)13-7-6-11(20(24)25)8-14(13)18/h2-8H,9,18H2,1H3,(H,19,22). The normalized spacial score (nSPS) is 10.0. The number of nitro groups is 1. The molecule has 1 amide bonds. The summed E-state index contributed by atoms with van der Waals surface area (Å²) in [5.74, 6) is -1.77. The second kappa shape index (κ2) is 7.88. The number of nitrogen functional groups attached to an aromatic ring is 1. The highest BCUT2D eigenvalue weighted by Crippen LogP contribution is 2.20. The number of ketones is 1. The van der Waals surface area contributed by atoms with Gasteiger partial charge in [-0.3, -0.25) is 19.7 Å². The number of non-ortho nitro benzene ring substituents is 1. The van der Waals surface area contributed by atoms with Crippen LogP contribution in [0.15, 0.2) is 42.5 Å². The summed E-state index contributed by atoms with van der Waals surface area (Å²) in [6.07, 6.45) is 0. The monoisotopic (exact) mass is 357 g/mol. The van der Waals surface area contributed by atoms with Crippen molar-refractivity contribution in [3.8, 4) is 0 Å². The molecule has 9 heteroatoms. The van der Waals surface area contributed by atoms with E-state index >= 15 is 0 Å². The van der Waals surface area contributed by atoms with Crippen LogP contribution in [0, 0.1) is 10.1 Å². The highest BCUT2D eigenvalue weighted by atomic mass is 16.6. The molecule has 0 aliphatic heterocycles. The number of hydrogen-bond donors (Lipinski definition) is 2. The second-order valence-corrected chi connectivity index (χ2v) is 5.25. The van der Waals surface area contributed by atoms with E-state index in [1.807, 2.05) is 0 Å². The van der Waals surface area contributed by atoms with Crippen molar-refractivity contribution in [1.82, 2.24) is 0 Å². The maximum atomic E-state index is 12.0. The molecule has 0 saturated heterocycles. The molecule has 0 heterocycles. The first-order valence-corrected chi connectivity index (χ1v) is 7.40. The molecule has 9 nitrogen and oxygen atoms in total. The average Bonchev–Trinajstić information content (AvgIpc) is 2.59. The minimum atomic E-state index is -0.896. The molecule has 0 fully saturated rings. The molecule has 0 radical (unpaired) electrons. The Bertz CT molecular complexity index is 894. The molecule has 0 aliphatic carbocycles. The van der Waals surface area contributed by atoms with Crippen LogP contribution < -0.4 is 11.1 Å². The lowest BCUT2D eigenvalue weighted by molar-refractivity contribution is -0.384. The van der Waals surface area contributed by atoms with Gasteiger partial charge in [0, 0.05) is 17.7 Å². The first-order chi connectivity index (χ1) is 12.3. The van der Waals surface area contributed by atoms with Crippen molar-refractivity contribution < 1.29 is 24.0 Å². The van der Waals surface area contributed by atoms with Gasteiger partial charge in [-0.25, -0.2) is 4.79 Å². The Morgan fingerprint density at radius 2 is 1.85 bits per heavy atom. The molecule has 0 bridgehead atoms. The van der Waals surface area contributed by atoms with Crippen LogP contribution in [0.25, 0.3) is 0 Å². The molecule has 2 aromatic rings. The Morgan fingerprint density at radius 1 is 1.15 bits per heavy atom. The maximum Gasteiger partial charge on any atom is 0.340 e. The molecule has 0 atom stereocenters. The number of esters is 1. The summed E-state index contributed by atoms with van der Waals surface area (Å²) in [4.78, 5) is 45.4. The van der Waals surface area contributed by atoms with Crippen LogP contribution in [0.1, 0.15) is 27.6 Å². The predicted octanol–water partition coefficient (Wildman–Crippen LogP) is 2.18. The van der Waals surface area contributed by atoms with E-state index < -0.39 is 23.4 Å². The van der Waals surface area contributed by atoms with Crippen molar-refractivity contribution in [2.24, 2.45) is 0 Å². The van der Waals surface area contributed by atoms with Crippen LogP contribution in [-0.4, -0.2) is 29.2 Å². The molecular weight excluding hydrogens is 342 g/mol. The number of carbonyl (C=O) groups excluding carboxylic acids is 3. The van der Waals surface area contributed by atoms with Crippen molar-refractivity contribution in [3.63, 3.8) is 0 Å². The third kappa shape index (κ3) is 4.41. The number of ether oxygens (including phenoxy) is 1. The SMILES string of the molecule is CC(=O)c1ccccc1NC(=O)COC(=O)c1ccc([N+](=O)[O-])cc1N. The zero-order valence-corrected chi connectivity index (χ0v) is 13.7. The number of Topliss-reactive ketones (excluding diaryl/α,β-unsaturated/α-hetero) is 1. The van der Waals surface area contributed by atoms with E-state index in [1.165, 1.54) is 6.92 Å². The number of rotatable bonds is 6. The van der Waals surface area contributed by atoms with Gasteiger partial charge in [-0.15, -0.1) is 0 Å². The fourth-order valence-electron chi connectivity index (χ4n) is 2.14. The molecule has 2 rings (SSSR count). The van der Waals surface area contributed by atoms with Crippen molar-refractivity contribution >= 4 is 34.7 Å². The summed E-state index contributed by atoms with van der Waals surface area (Å²) >= 11 is 0. The summed E-state index contributed by atoms with van der Waals surface area (Å²) in [6.45, 7) is 0.754. The third-order valence-corrected chi connectivity index (χ3v) is 3.38. The second-order valence-electron chi connectivity index (χ2n) is 5.25. The minimum Gasteiger partial charge on any atom is -0.452 e. The Labute approximate surface area is 147 Å². The first-order valence-electron chi connectivity index (χ1n) is 7.40.